The number of nitro groups is 1. The normalized spacial score (nSPS) is 11.3. The highest BCUT2D eigenvalue weighted by Gasteiger charge is 2.11. The zero-order valence-electron chi connectivity index (χ0n) is 11.7. The van der Waals surface area contributed by atoms with Crippen molar-refractivity contribution in [1.82, 2.24) is 9.97 Å². The van der Waals surface area contributed by atoms with E-state index in [1.165, 1.54) is 10.9 Å². The van der Waals surface area contributed by atoms with Crippen molar-refractivity contribution in [2.24, 2.45) is 0 Å². The van der Waals surface area contributed by atoms with Crippen molar-refractivity contribution in [3.05, 3.63) is 76.1 Å². The maximum Gasteiger partial charge on any atom is 0.271 e. The first-order valence-corrected chi connectivity index (χ1v) is 7.02. The van der Waals surface area contributed by atoms with E-state index in [0.29, 0.717) is 0 Å². The summed E-state index contributed by atoms with van der Waals surface area (Å²) in [4.78, 5) is 16.8. The molecule has 5 heteroatoms. The highest BCUT2D eigenvalue weighted by Crippen LogP contribution is 2.27. The van der Waals surface area contributed by atoms with Gasteiger partial charge in [0.15, 0.2) is 0 Å². The maximum atomic E-state index is 10.8. The fourth-order valence-electron chi connectivity index (χ4n) is 2.94. The molecule has 2 heterocycles. The molecule has 4 rings (SSSR count). The van der Waals surface area contributed by atoms with Gasteiger partial charge in [-0.05, 0) is 29.3 Å². The molecule has 0 aliphatic rings. The largest absolute Gasteiger partial charge is 0.361 e. The molecule has 4 aromatic rings. The lowest BCUT2D eigenvalue weighted by Gasteiger charge is -2.03. The monoisotopic (exact) mass is 291 g/mol. The van der Waals surface area contributed by atoms with E-state index in [1.807, 2.05) is 24.5 Å². The smallest absolute Gasteiger partial charge is 0.271 e. The fraction of sp³-hybridized carbons (Fsp3) is 0.0588. The Morgan fingerprint density at radius 1 is 0.955 bits per heavy atom. The van der Waals surface area contributed by atoms with Gasteiger partial charge < -0.3 is 9.97 Å². The van der Waals surface area contributed by atoms with Crippen LogP contribution in [-0.4, -0.2) is 14.9 Å². The molecule has 0 amide bonds. The molecule has 0 atom stereocenters. The van der Waals surface area contributed by atoms with Crippen molar-refractivity contribution in [1.29, 1.82) is 0 Å². The van der Waals surface area contributed by atoms with Crippen LogP contribution in [0.5, 0.6) is 0 Å². The van der Waals surface area contributed by atoms with Gasteiger partial charge in [0.2, 0.25) is 0 Å². The minimum atomic E-state index is -0.375. The van der Waals surface area contributed by atoms with Crippen LogP contribution in [0.2, 0.25) is 0 Å². The summed E-state index contributed by atoms with van der Waals surface area (Å²) in [5, 5.41) is 13.1. The molecule has 0 saturated carbocycles. The molecule has 0 bridgehead atoms. The van der Waals surface area contributed by atoms with Crippen LogP contribution in [-0.2, 0) is 6.42 Å². The average molecular weight is 291 g/mol. The van der Waals surface area contributed by atoms with E-state index >= 15 is 0 Å². The van der Waals surface area contributed by atoms with Gasteiger partial charge in [-0.2, -0.15) is 0 Å². The lowest BCUT2D eigenvalue weighted by atomic mass is 10.0. The third-order valence-corrected chi connectivity index (χ3v) is 4.03. The van der Waals surface area contributed by atoms with Crippen molar-refractivity contribution in [3.63, 3.8) is 0 Å². The van der Waals surface area contributed by atoms with Crippen LogP contribution < -0.4 is 0 Å². The molecule has 0 spiro atoms. The van der Waals surface area contributed by atoms with Gasteiger partial charge in [-0.15, -0.1) is 0 Å². The van der Waals surface area contributed by atoms with Gasteiger partial charge >= 0.3 is 0 Å². The number of hydrogen-bond donors (Lipinski definition) is 2. The van der Waals surface area contributed by atoms with E-state index < -0.39 is 0 Å². The second-order valence-electron chi connectivity index (χ2n) is 5.33. The summed E-state index contributed by atoms with van der Waals surface area (Å²) in [6.45, 7) is 0. The van der Waals surface area contributed by atoms with Crippen molar-refractivity contribution >= 4 is 27.5 Å². The Labute approximate surface area is 125 Å². The van der Waals surface area contributed by atoms with Crippen molar-refractivity contribution in [2.45, 2.75) is 6.42 Å². The van der Waals surface area contributed by atoms with E-state index in [0.717, 1.165) is 28.4 Å². The van der Waals surface area contributed by atoms with Crippen molar-refractivity contribution < 1.29 is 4.92 Å². The lowest BCUT2D eigenvalue weighted by molar-refractivity contribution is -0.384. The maximum absolute atomic E-state index is 10.8. The highest BCUT2D eigenvalue weighted by atomic mass is 16.6. The van der Waals surface area contributed by atoms with Gasteiger partial charge in [-0.3, -0.25) is 10.1 Å². The van der Waals surface area contributed by atoms with Crippen LogP contribution in [0.15, 0.2) is 54.9 Å². The van der Waals surface area contributed by atoms with E-state index in [-0.39, 0.29) is 10.6 Å². The van der Waals surface area contributed by atoms with Gasteiger partial charge in [-0.1, -0.05) is 12.1 Å². The molecule has 0 aliphatic heterocycles. The number of hydrogen-bond acceptors (Lipinski definition) is 2. The van der Waals surface area contributed by atoms with Gasteiger partial charge in [0.1, 0.15) is 0 Å². The van der Waals surface area contributed by atoms with Crippen LogP contribution in [0.25, 0.3) is 21.8 Å². The number of nitrogens with one attached hydrogen (secondary N) is 2. The second kappa shape index (κ2) is 4.73. The third-order valence-electron chi connectivity index (χ3n) is 4.03. The lowest BCUT2D eigenvalue weighted by Crippen LogP contribution is -1.89. The number of nitrogens with zero attached hydrogens (tertiary/aromatic N) is 1. The minimum Gasteiger partial charge on any atom is -0.361 e. The molecule has 2 aromatic heterocycles. The Morgan fingerprint density at radius 3 is 2.68 bits per heavy atom. The predicted molar refractivity (Wildman–Crippen MR) is 86.1 cm³/mol. The Hall–Kier alpha value is -3.08. The number of benzene rings is 2. The molecule has 0 aliphatic carbocycles. The van der Waals surface area contributed by atoms with Crippen LogP contribution in [0, 0.1) is 10.1 Å². The van der Waals surface area contributed by atoms with Gasteiger partial charge in [0, 0.05) is 47.2 Å². The molecule has 2 N–H and O–H groups in total. The molecule has 2 aromatic carbocycles. The number of aromatic amines is 2. The predicted octanol–water partition coefficient (Wildman–Crippen LogP) is 4.15. The van der Waals surface area contributed by atoms with Crippen molar-refractivity contribution in [2.75, 3.05) is 0 Å². The summed E-state index contributed by atoms with van der Waals surface area (Å²) in [5.41, 5.74) is 4.39. The zero-order chi connectivity index (χ0) is 15.1. The first-order chi connectivity index (χ1) is 10.7. The molecule has 0 radical (unpaired) electrons. The molecular formula is C17H13N3O2. The first kappa shape index (κ1) is 12.6. The van der Waals surface area contributed by atoms with E-state index in [2.05, 4.69) is 28.2 Å². The van der Waals surface area contributed by atoms with E-state index in [9.17, 15) is 10.1 Å². The topological polar surface area (TPSA) is 74.7 Å². The number of H-pyrrole nitrogens is 2. The van der Waals surface area contributed by atoms with Crippen LogP contribution >= 0.6 is 0 Å². The third kappa shape index (κ3) is 1.95. The van der Waals surface area contributed by atoms with Crippen LogP contribution in [0.4, 0.5) is 5.69 Å². The summed E-state index contributed by atoms with van der Waals surface area (Å²) < 4.78 is 0. The van der Waals surface area contributed by atoms with Gasteiger partial charge in [-0.25, -0.2) is 0 Å². The minimum absolute atomic E-state index is 0.105. The first-order valence-electron chi connectivity index (χ1n) is 7.02. The summed E-state index contributed by atoms with van der Waals surface area (Å²) in [7, 11) is 0. The standard InChI is InChI=1S/C17H13N3O2/c21-20(22)13-4-5-14-12(10-19-17(14)9-13)8-11-2-1-3-16-15(11)6-7-18-16/h1-7,9-10,18-19H,8H2. The number of nitro benzene ring substituents is 1. The van der Waals surface area contributed by atoms with Crippen molar-refractivity contribution in [3.8, 4) is 0 Å². The van der Waals surface area contributed by atoms with Gasteiger partial charge in [0.25, 0.3) is 5.69 Å². The molecule has 5 nitrogen and oxygen atoms in total. The van der Waals surface area contributed by atoms with E-state index in [1.54, 1.807) is 12.1 Å². The second-order valence-corrected chi connectivity index (χ2v) is 5.33. The Balaban J connectivity index is 1.78. The fourth-order valence-corrected chi connectivity index (χ4v) is 2.94. The number of non-ortho nitro benzene ring substituents is 1. The Bertz CT molecular complexity index is 997. The Morgan fingerprint density at radius 2 is 1.82 bits per heavy atom. The Kier molecular flexibility index (Phi) is 2.72. The molecule has 108 valence electrons. The van der Waals surface area contributed by atoms with Crippen LogP contribution in [0.1, 0.15) is 11.1 Å². The zero-order valence-corrected chi connectivity index (χ0v) is 11.7. The molecule has 0 unspecified atom stereocenters. The number of aromatic nitrogens is 2. The van der Waals surface area contributed by atoms with Gasteiger partial charge in [0.05, 0.1) is 10.4 Å². The molecular weight excluding hydrogens is 278 g/mol. The van der Waals surface area contributed by atoms with Crippen LogP contribution in [0.3, 0.4) is 0 Å². The average Bonchev–Trinajstić information content (AvgIpc) is 3.14. The number of rotatable bonds is 3. The molecule has 22 heavy (non-hydrogen) atoms. The quantitative estimate of drug-likeness (QED) is 0.439. The summed E-state index contributed by atoms with van der Waals surface area (Å²) in [5.74, 6) is 0. The number of fused-ring (bicyclic) bond motifs is 2. The summed E-state index contributed by atoms with van der Waals surface area (Å²) >= 11 is 0. The summed E-state index contributed by atoms with van der Waals surface area (Å²) in [6, 6.07) is 13.2. The molecule has 0 saturated heterocycles. The highest BCUT2D eigenvalue weighted by molar-refractivity contribution is 5.87. The van der Waals surface area contributed by atoms with E-state index in [4.69, 9.17) is 0 Å². The molecule has 0 fully saturated rings. The summed E-state index contributed by atoms with van der Waals surface area (Å²) in [6.07, 6.45) is 4.65. The SMILES string of the molecule is O=[N+]([O-])c1ccc2c(Cc3cccc4[nH]ccc34)c[nH]c2c1.